The minimum absolute atomic E-state index is 0.0355. The number of carbonyl (C=O) groups is 1. The summed E-state index contributed by atoms with van der Waals surface area (Å²) in [5.74, 6) is 1.08. The number of halogens is 1. The van der Waals surface area contributed by atoms with Crippen LogP contribution in [-0.2, 0) is 21.2 Å². The van der Waals surface area contributed by atoms with Crippen LogP contribution >= 0.6 is 11.6 Å². The lowest BCUT2D eigenvalue weighted by Gasteiger charge is -2.36. The Hall–Kier alpha value is -2.49. The fourth-order valence-corrected chi connectivity index (χ4v) is 5.84. The van der Waals surface area contributed by atoms with E-state index in [1.807, 2.05) is 12.1 Å². The number of hydrogen-bond donors (Lipinski definition) is 0. The van der Waals surface area contributed by atoms with Gasteiger partial charge in [0, 0.05) is 37.3 Å². The summed E-state index contributed by atoms with van der Waals surface area (Å²) in [5, 5.41) is 0.604. The fourth-order valence-electron chi connectivity index (χ4n) is 4.05. The second-order valence-corrected chi connectivity index (χ2v) is 10.1. The van der Waals surface area contributed by atoms with Crippen LogP contribution in [-0.4, -0.2) is 70.5 Å². The highest BCUT2D eigenvalue weighted by Gasteiger charge is 2.35. The molecule has 10 heteroatoms. The first-order chi connectivity index (χ1) is 15.3. The van der Waals surface area contributed by atoms with Crippen LogP contribution in [0.2, 0.25) is 5.02 Å². The molecule has 0 N–H and O–H groups in total. The Kier molecular flexibility index (Phi) is 6.50. The third-order valence-corrected chi connectivity index (χ3v) is 7.97. The molecule has 0 saturated carbocycles. The van der Waals surface area contributed by atoms with Crippen molar-refractivity contribution in [3.8, 4) is 17.2 Å². The average Bonchev–Trinajstić information content (AvgIpc) is 2.82. The molecule has 2 heterocycles. The summed E-state index contributed by atoms with van der Waals surface area (Å²) in [6, 6.07) is 10.1. The number of ether oxygens (including phenoxy) is 3. The van der Waals surface area contributed by atoms with E-state index in [9.17, 15) is 13.2 Å². The number of benzene rings is 2. The molecule has 1 saturated heterocycles. The van der Waals surface area contributed by atoms with Gasteiger partial charge >= 0.3 is 0 Å². The summed E-state index contributed by atoms with van der Waals surface area (Å²) in [6.07, 6.45) is 0.550. The first-order valence-electron chi connectivity index (χ1n) is 10.3. The maximum absolute atomic E-state index is 13.2. The van der Waals surface area contributed by atoms with Gasteiger partial charge in [-0.2, -0.15) is 4.31 Å². The molecule has 0 aliphatic carbocycles. The molecule has 1 atom stereocenters. The summed E-state index contributed by atoms with van der Waals surface area (Å²) >= 11 is 6.07. The second-order valence-electron chi connectivity index (χ2n) is 7.71. The first kappa shape index (κ1) is 22.7. The van der Waals surface area contributed by atoms with E-state index < -0.39 is 10.0 Å². The van der Waals surface area contributed by atoms with Crippen molar-refractivity contribution in [1.82, 2.24) is 9.21 Å². The molecule has 172 valence electrons. The molecule has 0 bridgehead atoms. The Labute approximate surface area is 192 Å². The molecule has 0 aromatic heterocycles. The largest absolute Gasteiger partial charge is 0.497 e. The van der Waals surface area contributed by atoms with Crippen LogP contribution in [0.5, 0.6) is 17.2 Å². The standard InChI is InChI=1S/C22H25ClN2O6S/c1-29-18-4-6-20(30-2)21(13-18)32(27,28)25-9-7-24(8-10-25)22(26)16-11-15-12-17(23)3-5-19(15)31-14-16/h3-6,12-13,16H,7-11,14H2,1-2H3/t16-/m1/s1. The quantitative estimate of drug-likeness (QED) is 0.653. The van der Waals surface area contributed by atoms with E-state index in [1.54, 1.807) is 23.1 Å². The fraction of sp³-hybridized carbons (Fsp3) is 0.409. The van der Waals surface area contributed by atoms with Crippen LogP contribution in [0.15, 0.2) is 41.3 Å². The Morgan fingerprint density at radius 3 is 2.50 bits per heavy atom. The number of nitrogens with zero attached hydrogens (tertiary/aromatic N) is 2. The number of fused-ring (bicyclic) bond motifs is 1. The molecular weight excluding hydrogens is 456 g/mol. The van der Waals surface area contributed by atoms with E-state index in [4.69, 9.17) is 25.8 Å². The molecule has 32 heavy (non-hydrogen) atoms. The van der Waals surface area contributed by atoms with Crippen LogP contribution in [0, 0.1) is 5.92 Å². The van der Waals surface area contributed by atoms with Gasteiger partial charge in [0.1, 0.15) is 28.8 Å². The number of carbonyl (C=O) groups excluding carboxylic acids is 1. The number of methoxy groups -OCH3 is 2. The van der Waals surface area contributed by atoms with Crippen LogP contribution < -0.4 is 14.2 Å². The van der Waals surface area contributed by atoms with Crippen LogP contribution in [0.4, 0.5) is 0 Å². The molecule has 2 aliphatic rings. The highest BCUT2D eigenvalue weighted by atomic mass is 35.5. The highest BCUT2D eigenvalue weighted by Crippen LogP contribution is 2.32. The summed E-state index contributed by atoms with van der Waals surface area (Å²) < 4.78 is 44.0. The zero-order valence-corrected chi connectivity index (χ0v) is 19.5. The van der Waals surface area contributed by atoms with E-state index in [2.05, 4.69) is 0 Å². The third-order valence-electron chi connectivity index (χ3n) is 5.82. The lowest BCUT2D eigenvalue weighted by molar-refractivity contribution is -0.138. The summed E-state index contributed by atoms with van der Waals surface area (Å²) in [4.78, 5) is 14.8. The van der Waals surface area contributed by atoms with Crippen molar-refractivity contribution in [2.24, 2.45) is 5.92 Å². The van der Waals surface area contributed by atoms with Crippen molar-refractivity contribution in [3.05, 3.63) is 47.0 Å². The predicted octanol–water partition coefficient (Wildman–Crippen LogP) is 2.44. The lowest BCUT2D eigenvalue weighted by Crippen LogP contribution is -2.52. The van der Waals surface area contributed by atoms with Gasteiger partial charge < -0.3 is 19.1 Å². The lowest BCUT2D eigenvalue weighted by atomic mass is 9.95. The molecule has 0 spiro atoms. The maximum Gasteiger partial charge on any atom is 0.247 e. The Bertz CT molecular complexity index is 1120. The van der Waals surface area contributed by atoms with Crippen molar-refractivity contribution >= 4 is 27.5 Å². The normalized spacial score (nSPS) is 19.1. The van der Waals surface area contributed by atoms with Crippen molar-refractivity contribution in [3.63, 3.8) is 0 Å². The molecule has 2 aromatic rings. The first-order valence-corrected chi connectivity index (χ1v) is 12.1. The molecule has 1 amide bonds. The van der Waals surface area contributed by atoms with Crippen LogP contribution in [0.25, 0.3) is 0 Å². The van der Waals surface area contributed by atoms with E-state index in [1.165, 1.54) is 24.6 Å². The van der Waals surface area contributed by atoms with Crippen molar-refractivity contribution in [2.45, 2.75) is 11.3 Å². The van der Waals surface area contributed by atoms with Gasteiger partial charge in [0.05, 0.1) is 20.1 Å². The van der Waals surface area contributed by atoms with Crippen molar-refractivity contribution < 1.29 is 27.4 Å². The minimum Gasteiger partial charge on any atom is -0.497 e. The van der Waals surface area contributed by atoms with Gasteiger partial charge in [-0.25, -0.2) is 8.42 Å². The molecule has 8 nitrogen and oxygen atoms in total. The second kappa shape index (κ2) is 9.17. The van der Waals surface area contributed by atoms with Crippen LogP contribution in [0.1, 0.15) is 5.56 Å². The summed E-state index contributed by atoms with van der Waals surface area (Å²) in [6.45, 7) is 1.31. The minimum atomic E-state index is -3.81. The van der Waals surface area contributed by atoms with Gasteiger partial charge in [-0.1, -0.05) is 11.6 Å². The zero-order valence-electron chi connectivity index (χ0n) is 17.9. The van der Waals surface area contributed by atoms with E-state index in [0.717, 1.165) is 11.3 Å². The summed E-state index contributed by atoms with van der Waals surface area (Å²) in [7, 11) is -0.903. The zero-order chi connectivity index (χ0) is 22.9. The van der Waals surface area contributed by atoms with E-state index >= 15 is 0 Å². The Morgan fingerprint density at radius 2 is 1.81 bits per heavy atom. The highest BCUT2D eigenvalue weighted by molar-refractivity contribution is 7.89. The van der Waals surface area contributed by atoms with Crippen molar-refractivity contribution in [2.75, 3.05) is 47.0 Å². The van der Waals surface area contributed by atoms with Gasteiger partial charge in [0.2, 0.25) is 15.9 Å². The predicted molar refractivity (Wildman–Crippen MR) is 119 cm³/mol. The van der Waals surface area contributed by atoms with Gasteiger partial charge in [-0.05, 0) is 42.3 Å². The number of amides is 1. The summed E-state index contributed by atoms with van der Waals surface area (Å²) in [5.41, 5.74) is 0.911. The van der Waals surface area contributed by atoms with Crippen molar-refractivity contribution in [1.29, 1.82) is 0 Å². The van der Waals surface area contributed by atoms with Gasteiger partial charge in [0.25, 0.3) is 0 Å². The van der Waals surface area contributed by atoms with Gasteiger partial charge in [-0.15, -0.1) is 0 Å². The Balaban J connectivity index is 1.43. The molecule has 2 aliphatic heterocycles. The molecule has 0 unspecified atom stereocenters. The maximum atomic E-state index is 13.2. The third kappa shape index (κ3) is 4.37. The van der Waals surface area contributed by atoms with E-state index in [-0.39, 0.29) is 35.6 Å². The SMILES string of the molecule is COc1ccc(OC)c(S(=O)(=O)N2CCN(C(=O)[C@H]3COc4ccc(Cl)cc4C3)CC2)c1. The molecule has 4 rings (SSSR count). The molecule has 0 radical (unpaired) electrons. The van der Waals surface area contributed by atoms with Gasteiger partial charge in [-0.3, -0.25) is 4.79 Å². The smallest absolute Gasteiger partial charge is 0.247 e. The topological polar surface area (TPSA) is 85.4 Å². The van der Waals surface area contributed by atoms with E-state index in [0.29, 0.717) is 36.9 Å². The number of piperazine rings is 1. The molecule has 2 aromatic carbocycles. The average molecular weight is 481 g/mol. The van der Waals surface area contributed by atoms with Crippen LogP contribution in [0.3, 0.4) is 0 Å². The van der Waals surface area contributed by atoms with Gasteiger partial charge in [0.15, 0.2) is 0 Å². The number of rotatable bonds is 5. The number of hydrogen-bond acceptors (Lipinski definition) is 6. The monoisotopic (exact) mass is 480 g/mol. The molecular formula is C22H25ClN2O6S. The Morgan fingerprint density at radius 1 is 1.06 bits per heavy atom. The molecule has 1 fully saturated rings. The number of sulfonamides is 1.